The lowest BCUT2D eigenvalue weighted by atomic mass is 10.1. The average molecular weight is 381 g/mol. The van der Waals surface area contributed by atoms with E-state index in [1.165, 1.54) is 24.3 Å². The second-order valence-corrected chi connectivity index (χ2v) is 6.10. The van der Waals surface area contributed by atoms with Crippen LogP contribution in [0.1, 0.15) is 0 Å². The molecule has 0 bridgehead atoms. The van der Waals surface area contributed by atoms with Crippen LogP contribution < -0.4 is 20.3 Å². The first-order valence-corrected chi connectivity index (χ1v) is 8.63. The largest absolute Gasteiger partial charge is 0.486 e. The number of amides is 1. The summed E-state index contributed by atoms with van der Waals surface area (Å²) in [5.74, 6) is 0.133. The van der Waals surface area contributed by atoms with Crippen molar-refractivity contribution in [3.63, 3.8) is 0 Å². The maximum Gasteiger partial charge on any atom is 0.267 e. The maximum atomic E-state index is 13.7. The SMILES string of the molecule is O=C(Cn1nc(-c2ccc3c(c2)OCCO3)ccc1=O)Nc1ccccc1F. The van der Waals surface area contributed by atoms with Gasteiger partial charge in [-0.2, -0.15) is 5.10 Å². The number of hydrogen-bond donors (Lipinski definition) is 1. The summed E-state index contributed by atoms with van der Waals surface area (Å²) in [6.07, 6.45) is 0. The second-order valence-electron chi connectivity index (χ2n) is 6.10. The molecule has 0 saturated heterocycles. The van der Waals surface area contributed by atoms with Crippen molar-refractivity contribution < 1.29 is 18.7 Å². The molecule has 0 spiro atoms. The van der Waals surface area contributed by atoms with Crippen molar-refractivity contribution in [2.75, 3.05) is 18.5 Å². The number of hydrogen-bond acceptors (Lipinski definition) is 5. The van der Waals surface area contributed by atoms with E-state index in [1.807, 2.05) is 0 Å². The molecule has 8 heteroatoms. The minimum Gasteiger partial charge on any atom is -0.486 e. The predicted molar refractivity (Wildman–Crippen MR) is 100.0 cm³/mol. The molecule has 0 unspecified atom stereocenters. The fourth-order valence-corrected chi connectivity index (χ4v) is 2.81. The molecule has 2 heterocycles. The van der Waals surface area contributed by atoms with Crippen molar-refractivity contribution in [2.45, 2.75) is 6.54 Å². The number of nitrogens with zero attached hydrogens (tertiary/aromatic N) is 2. The maximum absolute atomic E-state index is 13.7. The minimum absolute atomic E-state index is 0.0449. The van der Waals surface area contributed by atoms with Crippen molar-refractivity contribution >= 4 is 11.6 Å². The van der Waals surface area contributed by atoms with Crippen LogP contribution >= 0.6 is 0 Å². The highest BCUT2D eigenvalue weighted by Crippen LogP contribution is 2.33. The van der Waals surface area contributed by atoms with Gasteiger partial charge in [0.2, 0.25) is 5.91 Å². The Morgan fingerprint density at radius 1 is 1.07 bits per heavy atom. The quantitative estimate of drug-likeness (QED) is 0.751. The third-order valence-electron chi connectivity index (χ3n) is 4.15. The Morgan fingerprint density at radius 3 is 2.68 bits per heavy atom. The number of rotatable bonds is 4. The lowest BCUT2D eigenvalue weighted by molar-refractivity contribution is -0.117. The van der Waals surface area contributed by atoms with Crippen LogP contribution in [0.15, 0.2) is 59.4 Å². The summed E-state index contributed by atoms with van der Waals surface area (Å²) in [7, 11) is 0. The summed E-state index contributed by atoms with van der Waals surface area (Å²) in [6, 6.07) is 14.0. The van der Waals surface area contributed by atoms with Gasteiger partial charge in [-0.3, -0.25) is 9.59 Å². The van der Waals surface area contributed by atoms with E-state index in [1.54, 1.807) is 30.3 Å². The van der Waals surface area contributed by atoms with E-state index in [9.17, 15) is 14.0 Å². The monoisotopic (exact) mass is 381 g/mol. The number of ether oxygens (including phenoxy) is 2. The topological polar surface area (TPSA) is 82.5 Å². The molecule has 142 valence electrons. The van der Waals surface area contributed by atoms with Gasteiger partial charge in [-0.1, -0.05) is 12.1 Å². The molecule has 0 radical (unpaired) electrons. The lowest BCUT2D eigenvalue weighted by Gasteiger charge is -2.18. The molecule has 2 aromatic carbocycles. The Kier molecular flexibility index (Phi) is 4.76. The second kappa shape index (κ2) is 7.51. The summed E-state index contributed by atoms with van der Waals surface area (Å²) < 4.78 is 25.8. The first kappa shape index (κ1) is 17.7. The number of fused-ring (bicyclic) bond motifs is 1. The summed E-state index contributed by atoms with van der Waals surface area (Å²) in [4.78, 5) is 24.3. The fourth-order valence-electron chi connectivity index (χ4n) is 2.81. The molecular weight excluding hydrogens is 365 g/mol. The number of aromatic nitrogens is 2. The van der Waals surface area contributed by atoms with Crippen molar-refractivity contribution in [3.05, 3.63) is 70.8 Å². The third-order valence-corrected chi connectivity index (χ3v) is 4.15. The van der Waals surface area contributed by atoms with Crippen LogP contribution in [-0.2, 0) is 11.3 Å². The molecule has 0 atom stereocenters. The van der Waals surface area contributed by atoms with Gasteiger partial charge in [0, 0.05) is 11.6 Å². The highest BCUT2D eigenvalue weighted by molar-refractivity contribution is 5.90. The standard InChI is InChI=1S/C20H16FN3O4/c21-14-3-1-2-4-16(14)22-19(25)12-24-20(26)8-6-15(23-24)13-5-7-17-18(11-13)28-10-9-27-17/h1-8,11H,9-10,12H2,(H,22,25). The van der Waals surface area contributed by atoms with Crippen LogP contribution in [0, 0.1) is 5.82 Å². The molecule has 0 aliphatic carbocycles. The molecule has 7 nitrogen and oxygen atoms in total. The van der Waals surface area contributed by atoms with Crippen LogP contribution in [0.4, 0.5) is 10.1 Å². The van der Waals surface area contributed by atoms with E-state index in [2.05, 4.69) is 10.4 Å². The Hall–Kier alpha value is -3.68. The van der Waals surface area contributed by atoms with E-state index in [0.29, 0.717) is 36.0 Å². The zero-order valence-electron chi connectivity index (χ0n) is 14.7. The highest BCUT2D eigenvalue weighted by atomic mass is 19.1. The highest BCUT2D eigenvalue weighted by Gasteiger charge is 2.14. The minimum atomic E-state index is -0.556. The molecule has 0 fully saturated rings. The van der Waals surface area contributed by atoms with Crippen molar-refractivity contribution in [3.8, 4) is 22.8 Å². The van der Waals surface area contributed by atoms with Crippen LogP contribution in [0.5, 0.6) is 11.5 Å². The van der Waals surface area contributed by atoms with Gasteiger partial charge in [0.05, 0.1) is 11.4 Å². The number of carbonyl (C=O) groups excluding carboxylic acids is 1. The summed E-state index contributed by atoms with van der Waals surface area (Å²) >= 11 is 0. The Bertz CT molecular complexity index is 1100. The average Bonchev–Trinajstić information content (AvgIpc) is 2.71. The number of nitrogens with one attached hydrogen (secondary N) is 1. The van der Waals surface area contributed by atoms with E-state index in [0.717, 1.165) is 4.68 Å². The zero-order chi connectivity index (χ0) is 19.5. The molecule has 28 heavy (non-hydrogen) atoms. The summed E-state index contributed by atoms with van der Waals surface area (Å²) in [5.41, 5.74) is 0.816. The molecule has 0 saturated carbocycles. The zero-order valence-corrected chi connectivity index (χ0v) is 14.7. The van der Waals surface area contributed by atoms with Crippen molar-refractivity contribution in [1.29, 1.82) is 0 Å². The Morgan fingerprint density at radius 2 is 1.86 bits per heavy atom. The van der Waals surface area contributed by atoms with Gasteiger partial charge < -0.3 is 14.8 Å². The molecule has 1 aromatic heterocycles. The smallest absolute Gasteiger partial charge is 0.267 e. The molecular formula is C20H16FN3O4. The van der Waals surface area contributed by atoms with Crippen LogP contribution in [0.25, 0.3) is 11.3 Å². The molecule has 4 rings (SSSR count). The molecule has 1 N–H and O–H groups in total. The first-order chi connectivity index (χ1) is 13.6. The Labute approximate surface area is 159 Å². The van der Waals surface area contributed by atoms with E-state index in [4.69, 9.17) is 9.47 Å². The third kappa shape index (κ3) is 3.71. The van der Waals surface area contributed by atoms with Crippen LogP contribution in [-0.4, -0.2) is 28.9 Å². The van der Waals surface area contributed by atoms with Crippen LogP contribution in [0.3, 0.4) is 0 Å². The van der Waals surface area contributed by atoms with Crippen molar-refractivity contribution in [1.82, 2.24) is 9.78 Å². The lowest BCUT2D eigenvalue weighted by Crippen LogP contribution is -2.29. The number of para-hydroxylation sites is 1. The number of benzene rings is 2. The molecule has 1 amide bonds. The van der Waals surface area contributed by atoms with Gasteiger partial charge in [0.25, 0.3) is 5.56 Å². The van der Waals surface area contributed by atoms with Gasteiger partial charge in [-0.25, -0.2) is 9.07 Å². The summed E-state index contributed by atoms with van der Waals surface area (Å²) in [6.45, 7) is 0.609. The van der Waals surface area contributed by atoms with E-state index >= 15 is 0 Å². The van der Waals surface area contributed by atoms with Gasteiger partial charge >= 0.3 is 0 Å². The first-order valence-electron chi connectivity index (χ1n) is 8.63. The number of carbonyl (C=O) groups is 1. The normalized spacial score (nSPS) is 12.5. The molecule has 1 aliphatic heterocycles. The number of halogens is 1. The van der Waals surface area contributed by atoms with Gasteiger partial charge in [-0.15, -0.1) is 0 Å². The summed E-state index contributed by atoms with van der Waals surface area (Å²) in [5, 5.41) is 6.68. The predicted octanol–water partition coefficient (Wildman–Crippen LogP) is 2.46. The van der Waals surface area contributed by atoms with Gasteiger partial charge in [0.15, 0.2) is 11.5 Å². The van der Waals surface area contributed by atoms with E-state index in [-0.39, 0.29) is 12.2 Å². The van der Waals surface area contributed by atoms with E-state index < -0.39 is 17.3 Å². The van der Waals surface area contributed by atoms with Crippen molar-refractivity contribution in [2.24, 2.45) is 0 Å². The Balaban J connectivity index is 1.56. The van der Waals surface area contributed by atoms with Gasteiger partial charge in [0.1, 0.15) is 25.6 Å². The number of anilines is 1. The van der Waals surface area contributed by atoms with Crippen LogP contribution in [0.2, 0.25) is 0 Å². The molecule has 1 aliphatic rings. The van der Waals surface area contributed by atoms with Gasteiger partial charge in [-0.05, 0) is 36.4 Å². The molecule has 3 aromatic rings. The fraction of sp³-hybridized carbons (Fsp3) is 0.150.